The highest BCUT2D eigenvalue weighted by Gasteiger charge is 2.25. The van der Waals surface area contributed by atoms with Gasteiger partial charge in [-0.05, 0) is 37.8 Å². The maximum atomic E-state index is 13.7. The molecule has 1 aliphatic rings. The number of nitrogens with one attached hydrogen (secondary N) is 1. The van der Waals surface area contributed by atoms with Gasteiger partial charge in [0.25, 0.3) is 0 Å². The minimum atomic E-state index is -0.414. The van der Waals surface area contributed by atoms with Gasteiger partial charge in [-0.2, -0.15) is 4.98 Å². The van der Waals surface area contributed by atoms with Crippen LogP contribution in [-0.4, -0.2) is 40.3 Å². The number of fused-ring (bicyclic) bond motifs is 2. The van der Waals surface area contributed by atoms with E-state index in [9.17, 15) is 14.3 Å². The summed E-state index contributed by atoms with van der Waals surface area (Å²) in [4.78, 5) is 28.4. The van der Waals surface area contributed by atoms with Crippen LogP contribution < -0.4 is 5.69 Å². The van der Waals surface area contributed by atoms with Crippen LogP contribution in [-0.2, 0) is 0 Å². The third-order valence-corrected chi connectivity index (χ3v) is 5.15. The summed E-state index contributed by atoms with van der Waals surface area (Å²) in [6.45, 7) is 4.00. The third-order valence-electron chi connectivity index (χ3n) is 5.15. The van der Waals surface area contributed by atoms with E-state index in [4.69, 9.17) is 0 Å². The molecule has 0 saturated heterocycles. The highest BCUT2D eigenvalue weighted by Crippen LogP contribution is 2.29. The normalized spacial score (nSPS) is 19.3. The van der Waals surface area contributed by atoms with Crippen molar-refractivity contribution < 1.29 is 9.50 Å². The second-order valence-corrected chi connectivity index (χ2v) is 6.93. The molecule has 3 aromatic heterocycles. The average Bonchev–Trinajstić information content (AvgIpc) is 3.28. The maximum absolute atomic E-state index is 13.7. The molecule has 9 heteroatoms. The standard InChI is InChI=1S/C18H17FN6O2.C2H6/c19-10-4-5-13-15(6-10)24(9-21-13)17-20-8-14-16(23-17)25(18(27)22-14)11-2-1-3-12(26)7-11;1-2/h4-6,8-9,11-12,26H,1-3,7H2,(H,22,27);1-2H3/t11-,12+;/m1./s1. The van der Waals surface area contributed by atoms with Gasteiger partial charge in [0.15, 0.2) is 5.65 Å². The Morgan fingerprint density at radius 3 is 2.86 bits per heavy atom. The molecule has 0 radical (unpaired) electrons. The summed E-state index contributed by atoms with van der Waals surface area (Å²) in [6.07, 6.45) is 5.59. The molecule has 8 nitrogen and oxygen atoms in total. The largest absolute Gasteiger partial charge is 0.393 e. The van der Waals surface area contributed by atoms with E-state index in [1.54, 1.807) is 21.4 Å². The molecule has 1 fully saturated rings. The SMILES string of the molecule is CC.O=c1[nH]c2cnc(-n3cnc4ccc(F)cc43)nc2n1[C@@H]1CCC[C@H](O)C1. The Hall–Kier alpha value is -3.07. The van der Waals surface area contributed by atoms with Crippen LogP contribution >= 0.6 is 0 Å². The van der Waals surface area contributed by atoms with E-state index in [0.717, 1.165) is 19.3 Å². The maximum Gasteiger partial charge on any atom is 0.327 e. The van der Waals surface area contributed by atoms with E-state index in [0.29, 0.717) is 34.6 Å². The van der Waals surface area contributed by atoms with Crippen LogP contribution in [0.5, 0.6) is 0 Å². The molecule has 0 bridgehead atoms. The predicted molar refractivity (Wildman–Crippen MR) is 108 cm³/mol. The molecule has 2 N–H and O–H groups in total. The van der Waals surface area contributed by atoms with E-state index in [2.05, 4.69) is 19.9 Å². The number of H-pyrrole nitrogens is 1. The van der Waals surface area contributed by atoms with E-state index in [1.807, 2.05) is 13.8 Å². The van der Waals surface area contributed by atoms with E-state index >= 15 is 0 Å². The number of halogens is 1. The summed E-state index contributed by atoms with van der Waals surface area (Å²) in [7, 11) is 0. The zero-order valence-electron chi connectivity index (χ0n) is 16.3. The monoisotopic (exact) mass is 398 g/mol. The van der Waals surface area contributed by atoms with Crippen molar-refractivity contribution in [3.8, 4) is 5.95 Å². The molecule has 0 aliphatic heterocycles. The molecule has 1 aromatic carbocycles. The van der Waals surface area contributed by atoms with Crippen molar-refractivity contribution >= 4 is 22.2 Å². The van der Waals surface area contributed by atoms with E-state index < -0.39 is 6.10 Å². The molecular formula is C20H23FN6O2. The lowest BCUT2D eigenvalue weighted by Crippen LogP contribution is -2.29. The van der Waals surface area contributed by atoms with Crippen molar-refractivity contribution in [3.05, 3.63) is 47.0 Å². The Morgan fingerprint density at radius 2 is 2.07 bits per heavy atom. The first kappa shape index (κ1) is 19.3. The number of imidazole rings is 2. The fraction of sp³-hybridized carbons (Fsp3) is 0.400. The van der Waals surface area contributed by atoms with Crippen LogP contribution in [0.4, 0.5) is 4.39 Å². The van der Waals surface area contributed by atoms with Crippen molar-refractivity contribution in [1.82, 2.24) is 29.1 Å². The van der Waals surface area contributed by atoms with Crippen LogP contribution in [0.2, 0.25) is 0 Å². The first-order valence-electron chi connectivity index (χ1n) is 9.88. The zero-order chi connectivity index (χ0) is 20.5. The Bertz CT molecular complexity index is 1210. The van der Waals surface area contributed by atoms with Gasteiger partial charge in [-0.25, -0.2) is 19.2 Å². The molecular weight excluding hydrogens is 375 g/mol. The molecule has 0 amide bonds. The van der Waals surface area contributed by atoms with Crippen molar-refractivity contribution in [2.24, 2.45) is 0 Å². The number of hydrogen-bond acceptors (Lipinski definition) is 5. The molecule has 2 atom stereocenters. The third kappa shape index (κ3) is 3.42. The van der Waals surface area contributed by atoms with Gasteiger partial charge in [-0.1, -0.05) is 13.8 Å². The molecule has 1 aliphatic carbocycles. The minimum Gasteiger partial charge on any atom is -0.393 e. The zero-order valence-corrected chi connectivity index (χ0v) is 16.3. The first-order valence-corrected chi connectivity index (χ1v) is 9.88. The Labute approximate surface area is 166 Å². The smallest absolute Gasteiger partial charge is 0.327 e. The Balaban J connectivity index is 0.000000994. The van der Waals surface area contributed by atoms with Crippen LogP contribution in [0.1, 0.15) is 45.6 Å². The number of aliphatic hydroxyl groups excluding tert-OH is 1. The number of aromatic nitrogens is 6. The second kappa shape index (κ2) is 7.75. The van der Waals surface area contributed by atoms with Crippen LogP contribution in [0.25, 0.3) is 28.1 Å². The highest BCUT2D eigenvalue weighted by atomic mass is 19.1. The van der Waals surface area contributed by atoms with Crippen LogP contribution in [0.3, 0.4) is 0 Å². The van der Waals surface area contributed by atoms with Crippen molar-refractivity contribution in [2.45, 2.75) is 51.7 Å². The Kier molecular flexibility index (Phi) is 5.14. The van der Waals surface area contributed by atoms with Gasteiger partial charge < -0.3 is 10.1 Å². The summed E-state index contributed by atoms with van der Waals surface area (Å²) >= 11 is 0. The summed E-state index contributed by atoms with van der Waals surface area (Å²) in [6, 6.07) is 4.20. The first-order chi connectivity index (χ1) is 14.1. The molecule has 0 spiro atoms. The number of rotatable bonds is 2. The number of nitrogens with zero attached hydrogens (tertiary/aromatic N) is 5. The summed E-state index contributed by atoms with van der Waals surface area (Å²) in [5.41, 5.74) is 1.91. The number of hydrogen-bond donors (Lipinski definition) is 2. The molecule has 152 valence electrons. The summed E-state index contributed by atoms with van der Waals surface area (Å²) in [5, 5.41) is 9.98. The van der Waals surface area contributed by atoms with Gasteiger partial charge in [0.2, 0.25) is 5.95 Å². The summed E-state index contributed by atoms with van der Waals surface area (Å²) in [5.74, 6) is -0.0696. The van der Waals surface area contributed by atoms with Gasteiger partial charge in [0.05, 0.1) is 23.3 Å². The highest BCUT2D eigenvalue weighted by molar-refractivity contribution is 5.77. The minimum absolute atomic E-state index is 0.116. The van der Waals surface area contributed by atoms with Crippen molar-refractivity contribution in [2.75, 3.05) is 0 Å². The lowest BCUT2D eigenvalue weighted by atomic mass is 9.93. The van der Waals surface area contributed by atoms with Gasteiger partial charge in [-0.15, -0.1) is 0 Å². The van der Waals surface area contributed by atoms with Crippen molar-refractivity contribution in [1.29, 1.82) is 0 Å². The van der Waals surface area contributed by atoms with E-state index in [-0.39, 0.29) is 17.5 Å². The molecule has 5 rings (SSSR count). The van der Waals surface area contributed by atoms with Crippen LogP contribution in [0, 0.1) is 5.82 Å². The van der Waals surface area contributed by atoms with E-state index in [1.165, 1.54) is 18.5 Å². The van der Waals surface area contributed by atoms with Crippen LogP contribution in [0.15, 0.2) is 35.5 Å². The number of aromatic amines is 1. The second-order valence-electron chi connectivity index (χ2n) is 6.93. The number of benzene rings is 1. The molecule has 4 aromatic rings. The molecule has 0 unspecified atom stereocenters. The number of aliphatic hydroxyl groups is 1. The predicted octanol–water partition coefficient (Wildman–Crippen LogP) is 3.10. The fourth-order valence-electron chi connectivity index (χ4n) is 3.88. The molecule has 3 heterocycles. The van der Waals surface area contributed by atoms with Gasteiger partial charge in [0.1, 0.15) is 17.7 Å². The Morgan fingerprint density at radius 1 is 1.24 bits per heavy atom. The average molecular weight is 398 g/mol. The van der Waals surface area contributed by atoms with Gasteiger partial charge in [-0.3, -0.25) is 9.13 Å². The quantitative estimate of drug-likeness (QED) is 0.540. The summed E-state index contributed by atoms with van der Waals surface area (Å²) < 4.78 is 16.8. The lowest BCUT2D eigenvalue weighted by molar-refractivity contribution is 0.104. The topological polar surface area (TPSA) is 102 Å². The van der Waals surface area contributed by atoms with Gasteiger partial charge >= 0.3 is 5.69 Å². The van der Waals surface area contributed by atoms with Gasteiger partial charge in [0, 0.05) is 12.1 Å². The molecule has 1 saturated carbocycles. The molecule has 29 heavy (non-hydrogen) atoms. The van der Waals surface area contributed by atoms with Crippen molar-refractivity contribution in [3.63, 3.8) is 0 Å². The lowest BCUT2D eigenvalue weighted by Gasteiger charge is -2.26. The fourth-order valence-corrected chi connectivity index (χ4v) is 3.88.